The van der Waals surface area contributed by atoms with E-state index in [1.54, 1.807) is 0 Å². The van der Waals surface area contributed by atoms with Gasteiger partial charge in [0.15, 0.2) is 0 Å². The summed E-state index contributed by atoms with van der Waals surface area (Å²) in [4.78, 5) is 15.4. The number of hydrogen-bond acceptors (Lipinski definition) is 4. The van der Waals surface area contributed by atoms with Crippen molar-refractivity contribution < 1.29 is 32.2 Å². The fourth-order valence-corrected chi connectivity index (χ4v) is 1.95. The van der Waals surface area contributed by atoms with Gasteiger partial charge in [0.25, 0.3) is 5.78 Å². The summed E-state index contributed by atoms with van der Waals surface area (Å²) in [5.41, 5.74) is -0.947. The highest BCUT2D eigenvalue weighted by molar-refractivity contribution is 6.20. The summed E-state index contributed by atoms with van der Waals surface area (Å²) >= 11 is 0. The first kappa shape index (κ1) is 19.2. The lowest BCUT2D eigenvalue weighted by molar-refractivity contribution is -0.165. The van der Waals surface area contributed by atoms with Gasteiger partial charge in [-0.1, -0.05) is 0 Å². The topological polar surface area (TPSA) is 58.9 Å². The number of benzene rings is 2. The number of allylic oxidation sites excluding steroid dienone is 1. The van der Waals surface area contributed by atoms with Gasteiger partial charge in [-0.25, -0.2) is 4.39 Å². The average molecular weight is 367 g/mol. The van der Waals surface area contributed by atoms with E-state index < -0.39 is 29.1 Å². The van der Waals surface area contributed by atoms with Crippen LogP contribution in [0.4, 0.5) is 23.2 Å². The molecule has 0 fully saturated rings. The van der Waals surface area contributed by atoms with E-state index in [0.717, 1.165) is 12.1 Å². The van der Waals surface area contributed by atoms with Crippen molar-refractivity contribution in [3.63, 3.8) is 0 Å². The van der Waals surface area contributed by atoms with Crippen molar-refractivity contribution in [2.45, 2.75) is 6.18 Å². The number of rotatable bonds is 5. The molecule has 4 nitrogen and oxygen atoms in total. The third-order valence-corrected chi connectivity index (χ3v) is 3.29. The number of Topliss-reactive ketones (excluding diaryl/α,β-unsaturated/α-hetero) is 1. The van der Waals surface area contributed by atoms with Gasteiger partial charge in [0, 0.05) is 11.8 Å². The van der Waals surface area contributed by atoms with Crippen LogP contribution < -0.4 is 4.74 Å². The molecule has 136 valence electrons. The smallest absolute Gasteiger partial charge is 0.455 e. The van der Waals surface area contributed by atoms with Gasteiger partial charge in [0.05, 0.1) is 18.4 Å². The third-order valence-electron chi connectivity index (χ3n) is 3.29. The van der Waals surface area contributed by atoms with Gasteiger partial charge in [-0.2, -0.15) is 13.2 Å². The number of carbonyl (C=O) groups is 1. The predicted octanol–water partition coefficient (Wildman–Crippen LogP) is 4.64. The van der Waals surface area contributed by atoms with E-state index >= 15 is 0 Å². The van der Waals surface area contributed by atoms with Crippen LogP contribution in [0.3, 0.4) is 0 Å². The maximum atomic E-state index is 12.9. The van der Waals surface area contributed by atoms with Crippen molar-refractivity contribution in [1.29, 1.82) is 0 Å². The zero-order valence-corrected chi connectivity index (χ0v) is 13.4. The van der Waals surface area contributed by atoms with Gasteiger partial charge < -0.3 is 9.84 Å². The Morgan fingerprint density at radius 1 is 1.08 bits per heavy atom. The van der Waals surface area contributed by atoms with Gasteiger partial charge >= 0.3 is 6.18 Å². The van der Waals surface area contributed by atoms with Crippen LogP contribution in [0.25, 0.3) is 5.76 Å². The zero-order valence-electron chi connectivity index (χ0n) is 13.4. The summed E-state index contributed by atoms with van der Waals surface area (Å²) in [7, 11) is 1.40. The Kier molecular flexibility index (Phi) is 5.76. The van der Waals surface area contributed by atoms with E-state index in [1.807, 2.05) is 0 Å². The van der Waals surface area contributed by atoms with E-state index in [0.29, 0.717) is 12.0 Å². The van der Waals surface area contributed by atoms with Gasteiger partial charge in [0.1, 0.15) is 17.3 Å². The predicted molar refractivity (Wildman–Crippen MR) is 88.2 cm³/mol. The molecule has 0 bridgehead atoms. The van der Waals surface area contributed by atoms with E-state index in [9.17, 15) is 27.5 Å². The Hall–Kier alpha value is -3.16. The molecule has 0 amide bonds. The summed E-state index contributed by atoms with van der Waals surface area (Å²) in [6.07, 6.45) is -4.60. The molecular weight excluding hydrogens is 354 g/mol. The molecule has 0 saturated heterocycles. The third kappa shape index (κ3) is 4.69. The Bertz CT molecular complexity index is 838. The number of halogens is 4. The molecule has 0 aromatic heterocycles. The van der Waals surface area contributed by atoms with Crippen molar-refractivity contribution in [3.05, 3.63) is 65.5 Å². The van der Waals surface area contributed by atoms with Crippen LogP contribution in [0.2, 0.25) is 0 Å². The molecule has 0 aliphatic heterocycles. The number of carbonyl (C=O) groups excluding carboxylic acids is 1. The molecule has 8 heteroatoms. The van der Waals surface area contributed by atoms with Crippen LogP contribution in [-0.2, 0) is 4.79 Å². The lowest BCUT2D eigenvalue weighted by Gasteiger charge is -2.09. The highest BCUT2D eigenvalue weighted by Crippen LogP contribution is 2.26. The van der Waals surface area contributed by atoms with Gasteiger partial charge in [0.2, 0.25) is 0 Å². The highest BCUT2D eigenvalue weighted by Gasteiger charge is 2.41. The monoisotopic (exact) mass is 367 g/mol. The lowest BCUT2D eigenvalue weighted by Crippen LogP contribution is -2.26. The van der Waals surface area contributed by atoms with E-state index in [4.69, 9.17) is 4.74 Å². The lowest BCUT2D eigenvalue weighted by atomic mass is 10.0. The van der Waals surface area contributed by atoms with E-state index in [-0.39, 0.29) is 11.3 Å². The number of ketones is 1. The van der Waals surface area contributed by atoms with Crippen LogP contribution >= 0.6 is 0 Å². The van der Waals surface area contributed by atoms with Crippen LogP contribution in [0.15, 0.2) is 59.1 Å². The van der Waals surface area contributed by atoms with Crippen molar-refractivity contribution in [2.75, 3.05) is 7.11 Å². The molecule has 0 atom stereocenters. The number of aliphatic imine (C=N–C) groups is 1. The number of aliphatic hydroxyl groups is 1. The first-order valence-electron chi connectivity index (χ1n) is 7.21. The summed E-state index contributed by atoms with van der Waals surface area (Å²) in [6, 6.07) is 9.97. The number of methoxy groups -OCH3 is 1. The van der Waals surface area contributed by atoms with Crippen molar-refractivity contribution >= 4 is 23.4 Å². The molecule has 0 radical (unpaired) electrons. The first-order chi connectivity index (χ1) is 12.2. The molecule has 2 aromatic carbocycles. The second-order valence-corrected chi connectivity index (χ2v) is 5.05. The van der Waals surface area contributed by atoms with E-state index in [1.165, 1.54) is 43.5 Å². The molecule has 2 rings (SSSR count). The van der Waals surface area contributed by atoms with Crippen LogP contribution in [0, 0.1) is 5.82 Å². The summed E-state index contributed by atoms with van der Waals surface area (Å²) in [5.74, 6) is -3.27. The van der Waals surface area contributed by atoms with Gasteiger partial charge in [-0.3, -0.25) is 9.79 Å². The molecule has 0 aliphatic rings. The largest absolute Gasteiger partial charge is 0.506 e. The standard InChI is InChI=1S/C18H13F4NO3/c1-26-14-8-2-11(3-9-14)16(24)15(17(25)18(20,21)22)10-23-13-6-4-12(19)5-7-13/h2-10,24H,1H3/b16-15+,23-10?. The number of ether oxygens (including phenoxy) is 1. The Morgan fingerprint density at radius 2 is 1.65 bits per heavy atom. The normalized spacial score (nSPS) is 12.8. The Balaban J connectivity index is 2.48. The summed E-state index contributed by atoms with van der Waals surface area (Å²) in [5, 5.41) is 10.2. The molecule has 0 aliphatic carbocycles. The van der Waals surface area contributed by atoms with Gasteiger partial charge in [-0.05, 0) is 48.5 Å². The zero-order chi connectivity index (χ0) is 19.3. The maximum absolute atomic E-state index is 12.9. The Morgan fingerprint density at radius 3 is 2.15 bits per heavy atom. The minimum Gasteiger partial charge on any atom is -0.506 e. The molecule has 0 unspecified atom stereocenters. The molecule has 1 N–H and O–H groups in total. The van der Waals surface area contributed by atoms with Crippen LogP contribution in [0.5, 0.6) is 5.75 Å². The molecular formula is C18H13F4NO3. The summed E-state index contributed by atoms with van der Waals surface area (Å²) in [6.45, 7) is 0. The average Bonchev–Trinajstić information content (AvgIpc) is 2.62. The number of hydrogen-bond donors (Lipinski definition) is 1. The van der Waals surface area contributed by atoms with Crippen molar-refractivity contribution in [3.8, 4) is 5.75 Å². The van der Waals surface area contributed by atoms with Gasteiger partial charge in [-0.15, -0.1) is 0 Å². The fraction of sp³-hybridized carbons (Fsp3) is 0.111. The summed E-state index contributed by atoms with van der Waals surface area (Å²) < 4.78 is 56.3. The minimum absolute atomic E-state index is 0.0241. The molecule has 26 heavy (non-hydrogen) atoms. The highest BCUT2D eigenvalue weighted by atomic mass is 19.4. The van der Waals surface area contributed by atoms with Crippen molar-refractivity contribution in [1.82, 2.24) is 0 Å². The van der Waals surface area contributed by atoms with Crippen LogP contribution in [-0.4, -0.2) is 30.4 Å². The minimum atomic E-state index is -5.20. The number of nitrogens with zero attached hydrogens (tertiary/aromatic N) is 1. The molecule has 2 aromatic rings. The Labute approximate surface area is 146 Å². The molecule has 0 spiro atoms. The van der Waals surface area contributed by atoms with Crippen molar-refractivity contribution in [2.24, 2.45) is 4.99 Å². The molecule has 0 saturated carbocycles. The fourth-order valence-electron chi connectivity index (χ4n) is 1.95. The second kappa shape index (κ2) is 7.81. The number of aliphatic hydroxyl groups excluding tert-OH is 1. The SMILES string of the molecule is COc1ccc(/C(O)=C(/C=Nc2ccc(F)cc2)C(=O)C(F)(F)F)cc1. The molecule has 0 heterocycles. The number of alkyl halides is 3. The first-order valence-corrected chi connectivity index (χ1v) is 7.21. The maximum Gasteiger partial charge on any atom is 0.455 e. The second-order valence-electron chi connectivity index (χ2n) is 5.05. The van der Waals surface area contributed by atoms with E-state index in [2.05, 4.69) is 4.99 Å². The quantitative estimate of drug-likeness (QED) is 0.363. The van der Waals surface area contributed by atoms with Crippen LogP contribution in [0.1, 0.15) is 5.56 Å².